The first-order chi connectivity index (χ1) is 13.8. The fourth-order valence-electron chi connectivity index (χ4n) is 3.96. The van der Waals surface area contributed by atoms with Gasteiger partial charge in [-0.2, -0.15) is 0 Å². The molecule has 2 aromatic rings. The SMILES string of the molecule is CN=C(NCC(=O)N1CCCc2ccccc21)N1CCN(c2cccs2)CC1.I. The van der Waals surface area contributed by atoms with Gasteiger partial charge in [-0.05, 0) is 42.0 Å². The second-order valence-corrected chi connectivity index (χ2v) is 8.03. The highest BCUT2D eigenvalue weighted by molar-refractivity contribution is 14.0. The monoisotopic (exact) mass is 525 g/mol. The summed E-state index contributed by atoms with van der Waals surface area (Å²) >= 11 is 1.78. The van der Waals surface area contributed by atoms with Crippen molar-refractivity contribution in [3.63, 3.8) is 0 Å². The summed E-state index contributed by atoms with van der Waals surface area (Å²) in [6.45, 7) is 4.79. The number of nitrogens with one attached hydrogen (secondary N) is 1. The number of halogens is 1. The fourth-order valence-corrected chi connectivity index (χ4v) is 4.75. The lowest BCUT2D eigenvalue weighted by atomic mass is 10.0. The average molecular weight is 525 g/mol. The zero-order valence-corrected chi connectivity index (χ0v) is 19.9. The number of carbonyl (C=O) groups is 1. The minimum absolute atomic E-state index is 0. The zero-order valence-electron chi connectivity index (χ0n) is 16.7. The molecule has 0 aliphatic carbocycles. The molecule has 0 saturated carbocycles. The van der Waals surface area contributed by atoms with E-state index in [2.05, 4.69) is 43.7 Å². The number of nitrogens with zero attached hydrogens (tertiary/aromatic N) is 4. The Bertz CT molecular complexity index is 833. The quantitative estimate of drug-likeness (QED) is 0.381. The Kier molecular flexibility index (Phi) is 7.77. The van der Waals surface area contributed by atoms with E-state index < -0.39 is 0 Å². The van der Waals surface area contributed by atoms with E-state index in [1.807, 2.05) is 23.1 Å². The third-order valence-electron chi connectivity index (χ3n) is 5.42. The summed E-state index contributed by atoms with van der Waals surface area (Å²) in [6, 6.07) is 12.5. The first kappa shape index (κ1) is 21.9. The minimum atomic E-state index is 0. The lowest BCUT2D eigenvalue weighted by Crippen LogP contribution is -2.54. The second-order valence-electron chi connectivity index (χ2n) is 7.10. The highest BCUT2D eigenvalue weighted by Crippen LogP contribution is 2.26. The van der Waals surface area contributed by atoms with Gasteiger partial charge in [0.25, 0.3) is 0 Å². The third-order valence-corrected chi connectivity index (χ3v) is 6.35. The summed E-state index contributed by atoms with van der Waals surface area (Å²) in [5.74, 6) is 0.912. The molecule has 6 nitrogen and oxygen atoms in total. The topological polar surface area (TPSA) is 51.2 Å². The van der Waals surface area contributed by atoms with Gasteiger partial charge in [-0.3, -0.25) is 9.79 Å². The number of hydrogen-bond acceptors (Lipinski definition) is 4. The van der Waals surface area contributed by atoms with Gasteiger partial charge in [0, 0.05) is 45.5 Å². The number of aliphatic imine (C=N–C) groups is 1. The summed E-state index contributed by atoms with van der Waals surface area (Å²) in [6.07, 6.45) is 2.06. The van der Waals surface area contributed by atoms with Crippen LogP contribution in [0.15, 0.2) is 46.8 Å². The van der Waals surface area contributed by atoms with Gasteiger partial charge in [0.05, 0.1) is 11.5 Å². The molecule has 1 fully saturated rings. The first-order valence-corrected chi connectivity index (χ1v) is 10.8. The summed E-state index contributed by atoms with van der Waals surface area (Å²) in [7, 11) is 1.79. The highest BCUT2D eigenvalue weighted by Gasteiger charge is 2.24. The van der Waals surface area contributed by atoms with Crippen molar-refractivity contribution in [2.75, 3.05) is 56.1 Å². The lowest BCUT2D eigenvalue weighted by molar-refractivity contribution is -0.117. The van der Waals surface area contributed by atoms with Crippen LogP contribution in [0.3, 0.4) is 0 Å². The van der Waals surface area contributed by atoms with E-state index in [-0.39, 0.29) is 36.4 Å². The maximum atomic E-state index is 12.9. The molecule has 3 heterocycles. The molecule has 156 valence electrons. The molecule has 1 aromatic heterocycles. The van der Waals surface area contributed by atoms with E-state index in [0.717, 1.165) is 57.2 Å². The molecular weight excluding hydrogens is 497 g/mol. The van der Waals surface area contributed by atoms with Gasteiger partial charge in [0.15, 0.2) is 5.96 Å². The molecule has 1 saturated heterocycles. The molecule has 2 aliphatic heterocycles. The number of guanidine groups is 1. The van der Waals surface area contributed by atoms with E-state index in [9.17, 15) is 4.79 Å². The van der Waals surface area contributed by atoms with Gasteiger partial charge in [-0.1, -0.05) is 18.2 Å². The molecule has 0 atom stereocenters. The molecule has 0 bridgehead atoms. The van der Waals surface area contributed by atoms with Crippen LogP contribution in [-0.4, -0.2) is 63.1 Å². The maximum Gasteiger partial charge on any atom is 0.246 e. The Morgan fingerprint density at radius 2 is 1.90 bits per heavy atom. The average Bonchev–Trinajstić information content (AvgIpc) is 3.29. The number of thiophene rings is 1. The number of fused-ring (bicyclic) bond motifs is 1. The van der Waals surface area contributed by atoms with E-state index in [0.29, 0.717) is 0 Å². The number of carbonyl (C=O) groups excluding carboxylic acids is 1. The highest BCUT2D eigenvalue weighted by atomic mass is 127. The summed E-state index contributed by atoms with van der Waals surface area (Å²) < 4.78 is 0. The van der Waals surface area contributed by atoms with E-state index in [4.69, 9.17) is 0 Å². The Balaban J connectivity index is 0.00000240. The number of aryl methyl sites for hydroxylation is 1. The van der Waals surface area contributed by atoms with Gasteiger partial charge >= 0.3 is 0 Å². The van der Waals surface area contributed by atoms with Gasteiger partial charge in [-0.15, -0.1) is 35.3 Å². The molecule has 1 N–H and O–H groups in total. The lowest BCUT2D eigenvalue weighted by Gasteiger charge is -2.37. The molecule has 1 amide bonds. The molecule has 2 aliphatic rings. The van der Waals surface area contributed by atoms with Crippen LogP contribution >= 0.6 is 35.3 Å². The van der Waals surface area contributed by atoms with Crippen molar-refractivity contribution in [1.29, 1.82) is 0 Å². The van der Waals surface area contributed by atoms with Crippen LogP contribution in [0.1, 0.15) is 12.0 Å². The van der Waals surface area contributed by atoms with Crippen LogP contribution in [-0.2, 0) is 11.2 Å². The number of rotatable bonds is 3. The van der Waals surface area contributed by atoms with E-state index in [1.165, 1.54) is 10.6 Å². The number of hydrogen-bond donors (Lipinski definition) is 1. The van der Waals surface area contributed by atoms with E-state index in [1.54, 1.807) is 18.4 Å². The number of para-hydroxylation sites is 1. The predicted molar refractivity (Wildman–Crippen MR) is 132 cm³/mol. The van der Waals surface area contributed by atoms with Crippen LogP contribution in [0.2, 0.25) is 0 Å². The van der Waals surface area contributed by atoms with Crippen molar-refractivity contribution in [2.24, 2.45) is 4.99 Å². The number of piperazine rings is 1. The van der Waals surface area contributed by atoms with Gasteiger partial charge in [0.2, 0.25) is 5.91 Å². The normalized spacial score (nSPS) is 16.9. The second kappa shape index (κ2) is 10.3. The van der Waals surface area contributed by atoms with Crippen molar-refractivity contribution in [3.05, 3.63) is 47.3 Å². The number of amides is 1. The van der Waals surface area contributed by atoms with Gasteiger partial charge in [0.1, 0.15) is 0 Å². The zero-order chi connectivity index (χ0) is 19.3. The summed E-state index contributed by atoms with van der Waals surface area (Å²) in [5.41, 5.74) is 2.32. The number of anilines is 2. The van der Waals surface area contributed by atoms with Crippen molar-refractivity contribution in [2.45, 2.75) is 12.8 Å². The molecule has 8 heteroatoms. The third kappa shape index (κ3) is 5.03. The largest absolute Gasteiger partial charge is 0.360 e. The van der Waals surface area contributed by atoms with Crippen LogP contribution < -0.4 is 15.1 Å². The van der Waals surface area contributed by atoms with Crippen molar-refractivity contribution < 1.29 is 4.79 Å². The standard InChI is InChI=1S/C21H27N5OS.HI/c1-22-21(25-13-11-24(12-14-25)20-9-5-15-28-20)23-16-19(27)26-10-4-7-17-6-2-3-8-18(17)26;/h2-3,5-6,8-9,15H,4,7,10-14,16H2,1H3,(H,22,23);1H. The molecule has 0 radical (unpaired) electrons. The van der Waals surface area contributed by atoms with Crippen LogP contribution in [0.5, 0.6) is 0 Å². The predicted octanol–water partition coefficient (Wildman–Crippen LogP) is 3.04. The van der Waals surface area contributed by atoms with Crippen molar-refractivity contribution >= 4 is 57.9 Å². The maximum absolute atomic E-state index is 12.9. The Labute approximate surface area is 193 Å². The Hall–Kier alpha value is -1.81. The van der Waals surface area contributed by atoms with Crippen molar-refractivity contribution in [3.8, 4) is 0 Å². The number of benzene rings is 1. The van der Waals surface area contributed by atoms with Crippen LogP contribution in [0.4, 0.5) is 10.7 Å². The Morgan fingerprint density at radius 1 is 1.10 bits per heavy atom. The Morgan fingerprint density at radius 3 is 2.62 bits per heavy atom. The molecule has 0 unspecified atom stereocenters. The minimum Gasteiger partial charge on any atom is -0.360 e. The summed E-state index contributed by atoms with van der Waals surface area (Å²) in [4.78, 5) is 23.8. The first-order valence-electron chi connectivity index (χ1n) is 9.88. The molecule has 1 aromatic carbocycles. The molecule has 0 spiro atoms. The summed E-state index contributed by atoms with van der Waals surface area (Å²) in [5, 5.41) is 6.72. The van der Waals surface area contributed by atoms with Crippen LogP contribution in [0.25, 0.3) is 0 Å². The molecule has 29 heavy (non-hydrogen) atoms. The van der Waals surface area contributed by atoms with Gasteiger partial charge < -0.3 is 20.0 Å². The van der Waals surface area contributed by atoms with Gasteiger partial charge in [-0.25, -0.2) is 0 Å². The van der Waals surface area contributed by atoms with E-state index >= 15 is 0 Å². The van der Waals surface area contributed by atoms with Crippen molar-refractivity contribution in [1.82, 2.24) is 10.2 Å². The smallest absolute Gasteiger partial charge is 0.246 e. The molecular formula is C21H28IN5OS. The van der Waals surface area contributed by atoms with Crippen LogP contribution in [0, 0.1) is 0 Å². The molecule has 4 rings (SSSR count). The fraction of sp³-hybridized carbons (Fsp3) is 0.429.